The fourth-order valence-electron chi connectivity index (χ4n) is 2.60. The first-order chi connectivity index (χ1) is 6.44. The van der Waals surface area contributed by atoms with Gasteiger partial charge in [0.15, 0.2) is 0 Å². The molecular weight excluding hydrogens is 280 g/mol. The normalized spacial score (nSPS) is 34.5. The van der Waals surface area contributed by atoms with Gasteiger partial charge in [-0.1, -0.05) is 48.3 Å². The maximum absolute atomic E-state index is 5.99. The molecule has 1 aliphatic carbocycles. The summed E-state index contributed by atoms with van der Waals surface area (Å²) in [7, 11) is 0. The Kier molecular flexibility index (Phi) is 2.53. The molecule has 0 nitrogen and oxygen atoms in total. The van der Waals surface area contributed by atoms with Crippen LogP contribution in [0.25, 0.3) is 0 Å². The highest BCUT2D eigenvalue weighted by atomic mass is 79.9. The smallest absolute Gasteiger partial charge is 0.0931 e. The van der Waals surface area contributed by atoms with E-state index in [4.69, 9.17) is 11.6 Å². The Labute approximate surface area is 103 Å². The third-order valence-corrected chi connectivity index (χ3v) is 5.88. The van der Waals surface area contributed by atoms with Crippen LogP contribution in [-0.2, 0) is 5.41 Å². The number of hydrogen-bond donors (Lipinski definition) is 0. The van der Waals surface area contributed by atoms with Crippen LogP contribution >= 0.6 is 38.9 Å². The quantitative estimate of drug-likeness (QED) is 0.693. The average molecular weight is 294 g/mol. The van der Waals surface area contributed by atoms with Gasteiger partial charge in [-0.05, 0) is 28.3 Å². The molecule has 14 heavy (non-hydrogen) atoms. The molecular formula is C11H14BrClS. The predicted octanol–water partition coefficient (Wildman–Crippen LogP) is 4.71. The topological polar surface area (TPSA) is 0 Å². The van der Waals surface area contributed by atoms with Crippen LogP contribution < -0.4 is 0 Å². The average Bonchev–Trinajstić information content (AvgIpc) is 2.49. The molecule has 1 aliphatic rings. The second kappa shape index (κ2) is 3.23. The molecule has 1 heterocycles. The predicted molar refractivity (Wildman–Crippen MR) is 67.7 cm³/mol. The van der Waals surface area contributed by atoms with Crippen molar-refractivity contribution in [3.05, 3.63) is 21.3 Å². The van der Waals surface area contributed by atoms with Gasteiger partial charge in [-0.2, -0.15) is 0 Å². The van der Waals surface area contributed by atoms with E-state index in [1.807, 2.05) is 0 Å². The summed E-state index contributed by atoms with van der Waals surface area (Å²) in [5, 5.41) is 3.27. The van der Waals surface area contributed by atoms with Gasteiger partial charge < -0.3 is 0 Å². The Morgan fingerprint density at radius 1 is 1.50 bits per heavy atom. The molecule has 0 radical (unpaired) electrons. The monoisotopic (exact) mass is 292 g/mol. The van der Waals surface area contributed by atoms with Crippen molar-refractivity contribution in [1.82, 2.24) is 0 Å². The van der Waals surface area contributed by atoms with Crippen molar-refractivity contribution in [1.29, 1.82) is 0 Å². The van der Waals surface area contributed by atoms with Crippen molar-refractivity contribution < 1.29 is 0 Å². The molecule has 1 saturated carbocycles. The van der Waals surface area contributed by atoms with Crippen LogP contribution in [0.15, 0.2) is 11.4 Å². The lowest BCUT2D eigenvalue weighted by atomic mass is 9.92. The summed E-state index contributed by atoms with van der Waals surface area (Å²) in [6.45, 7) is 7.02. The minimum atomic E-state index is 0.306. The minimum absolute atomic E-state index is 0.306. The lowest BCUT2D eigenvalue weighted by Gasteiger charge is -2.12. The van der Waals surface area contributed by atoms with Crippen LogP contribution in [0.1, 0.15) is 26.3 Å². The molecule has 1 fully saturated rings. The van der Waals surface area contributed by atoms with Crippen molar-refractivity contribution in [2.45, 2.75) is 26.2 Å². The van der Waals surface area contributed by atoms with Crippen LogP contribution in [-0.4, -0.2) is 5.33 Å². The van der Waals surface area contributed by atoms with Gasteiger partial charge in [0.2, 0.25) is 0 Å². The first-order valence-electron chi connectivity index (χ1n) is 4.75. The molecule has 2 unspecified atom stereocenters. The van der Waals surface area contributed by atoms with Gasteiger partial charge in [0.25, 0.3) is 0 Å². The summed E-state index contributed by atoms with van der Waals surface area (Å²) >= 11 is 11.2. The zero-order chi connectivity index (χ0) is 10.6. The van der Waals surface area contributed by atoms with E-state index in [0.717, 1.165) is 15.6 Å². The van der Waals surface area contributed by atoms with Crippen molar-refractivity contribution in [2.75, 3.05) is 5.33 Å². The molecule has 1 aromatic heterocycles. The molecule has 0 aliphatic heterocycles. The zero-order valence-electron chi connectivity index (χ0n) is 8.60. The molecule has 3 heteroatoms. The summed E-state index contributed by atoms with van der Waals surface area (Å²) < 4.78 is 0.900. The van der Waals surface area contributed by atoms with E-state index in [1.54, 1.807) is 11.3 Å². The van der Waals surface area contributed by atoms with Gasteiger partial charge in [-0.3, -0.25) is 0 Å². The standard InChI is InChI=1S/C11H14BrClS/c1-10(2)8(5-12)11(10,3)7-4-9(13)14-6-7/h4,6,8H,5H2,1-3H3. The van der Waals surface area contributed by atoms with E-state index >= 15 is 0 Å². The van der Waals surface area contributed by atoms with Gasteiger partial charge in [0.05, 0.1) is 4.34 Å². The van der Waals surface area contributed by atoms with Crippen molar-refractivity contribution in [3.8, 4) is 0 Å². The maximum atomic E-state index is 5.99. The third-order valence-electron chi connectivity index (χ3n) is 4.14. The van der Waals surface area contributed by atoms with Crippen LogP contribution in [0.5, 0.6) is 0 Å². The summed E-state index contributed by atoms with van der Waals surface area (Å²) in [5.74, 6) is 0.723. The molecule has 1 aromatic rings. The highest BCUT2D eigenvalue weighted by molar-refractivity contribution is 9.09. The molecule has 0 bridgehead atoms. The largest absolute Gasteiger partial charge is 0.132 e. The van der Waals surface area contributed by atoms with E-state index in [0.29, 0.717) is 10.8 Å². The number of thiophene rings is 1. The van der Waals surface area contributed by atoms with Crippen molar-refractivity contribution in [2.24, 2.45) is 11.3 Å². The van der Waals surface area contributed by atoms with Crippen LogP contribution in [0.3, 0.4) is 0 Å². The molecule has 0 amide bonds. The Morgan fingerprint density at radius 2 is 2.14 bits per heavy atom. The molecule has 0 aromatic carbocycles. The van der Waals surface area contributed by atoms with Crippen molar-refractivity contribution in [3.63, 3.8) is 0 Å². The minimum Gasteiger partial charge on any atom is -0.132 e. The third kappa shape index (κ3) is 1.23. The lowest BCUT2D eigenvalue weighted by molar-refractivity contribution is 0.523. The van der Waals surface area contributed by atoms with Crippen LogP contribution in [0.4, 0.5) is 0 Å². The van der Waals surface area contributed by atoms with Gasteiger partial charge in [-0.15, -0.1) is 11.3 Å². The van der Waals surface area contributed by atoms with Gasteiger partial charge in [0.1, 0.15) is 0 Å². The molecule has 2 rings (SSSR count). The van der Waals surface area contributed by atoms with E-state index in [9.17, 15) is 0 Å². The molecule has 78 valence electrons. The van der Waals surface area contributed by atoms with E-state index < -0.39 is 0 Å². The highest BCUT2D eigenvalue weighted by Gasteiger charge is 2.67. The Morgan fingerprint density at radius 3 is 2.50 bits per heavy atom. The second-order valence-electron chi connectivity index (χ2n) is 4.77. The van der Waals surface area contributed by atoms with Crippen LogP contribution in [0, 0.1) is 11.3 Å². The number of hydrogen-bond acceptors (Lipinski definition) is 1. The second-order valence-corrected chi connectivity index (χ2v) is 6.96. The van der Waals surface area contributed by atoms with E-state index in [1.165, 1.54) is 5.56 Å². The molecule has 0 N–H and O–H groups in total. The fraction of sp³-hybridized carbons (Fsp3) is 0.636. The number of alkyl halides is 1. The first kappa shape index (κ1) is 11.0. The highest BCUT2D eigenvalue weighted by Crippen LogP contribution is 2.70. The Bertz CT molecular complexity index is 358. The Balaban J connectivity index is 2.36. The summed E-state index contributed by atoms with van der Waals surface area (Å²) in [6, 6.07) is 2.12. The summed E-state index contributed by atoms with van der Waals surface area (Å²) in [5.41, 5.74) is 2.10. The molecule has 2 atom stereocenters. The maximum Gasteiger partial charge on any atom is 0.0931 e. The van der Waals surface area contributed by atoms with Crippen molar-refractivity contribution >= 4 is 38.9 Å². The summed E-state index contributed by atoms with van der Waals surface area (Å²) in [6.07, 6.45) is 0. The first-order valence-corrected chi connectivity index (χ1v) is 7.13. The van der Waals surface area contributed by atoms with E-state index in [2.05, 4.69) is 48.1 Å². The SMILES string of the molecule is CC1(C)C(CBr)C1(C)c1csc(Cl)c1. The Hall–Kier alpha value is 0.470. The molecule has 0 spiro atoms. The zero-order valence-corrected chi connectivity index (χ0v) is 11.8. The number of halogens is 2. The van der Waals surface area contributed by atoms with Gasteiger partial charge >= 0.3 is 0 Å². The van der Waals surface area contributed by atoms with Crippen LogP contribution in [0.2, 0.25) is 4.34 Å². The molecule has 0 saturated heterocycles. The fourth-order valence-corrected chi connectivity index (χ4v) is 5.06. The summed E-state index contributed by atoms with van der Waals surface area (Å²) in [4.78, 5) is 0. The number of rotatable bonds is 2. The van der Waals surface area contributed by atoms with Gasteiger partial charge in [0, 0.05) is 10.7 Å². The lowest BCUT2D eigenvalue weighted by Crippen LogP contribution is -2.08. The van der Waals surface area contributed by atoms with E-state index in [-0.39, 0.29) is 0 Å². The van der Waals surface area contributed by atoms with Gasteiger partial charge in [-0.25, -0.2) is 0 Å².